The Labute approximate surface area is 50.7 Å². The molecule has 0 heterocycles. The normalized spacial score (nSPS) is 1.78. The second kappa shape index (κ2) is 727. The summed E-state index contributed by atoms with van der Waals surface area (Å²) in [5, 5.41) is 25.0. The molecule has 9 heavy (non-hydrogen) atoms. The first-order valence-corrected chi connectivity index (χ1v) is 0.549. The van der Waals surface area contributed by atoms with E-state index >= 15 is 0 Å². The standard InChI is InChI=1S/CH4.2H2O2.O2.2H2O/c;3*1-2;;/h1H4;2*1-2H;;2*1H2/p-3. The van der Waals surface area contributed by atoms with Gasteiger partial charge in [0.25, 0.3) is 0 Å². The van der Waals surface area contributed by atoms with E-state index in [1.165, 1.54) is 0 Å². The van der Waals surface area contributed by atoms with Crippen LogP contribution in [0.15, 0.2) is 0 Å². The molecule has 8 heteroatoms. The van der Waals surface area contributed by atoms with Crippen molar-refractivity contribution >= 4 is 0 Å². The van der Waals surface area contributed by atoms with Crippen LogP contribution in [-0.4, -0.2) is 26.7 Å². The molecule has 0 aliphatic heterocycles. The first-order chi connectivity index (χ1) is 3.00. The average molecular weight is 149 g/mol. The van der Waals surface area contributed by atoms with Gasteiger partial charge in [-0.05, 0) is 0 Å². The minimum Gasteiger partial charge on any atom is -0.870 e. The van der Waals surface area contributed by atoms with Crippen molar-refractivity contribution in [3.8, 4) is 0 Å². The maximum Gasteiger partial charge on any atom is 0 e. The fourth-order valence-corrected chi connectivity index (χ4v) is 0. The van der Waals surface area contributed by atoms with E-state index in [1.54, 1.807) is 0 Å². The molecule has 0 aromatic heterocycles. The highest BCUT2D eigenvalue weighted by Crippen LogP contribution is 0.741. The molecule has 0 radical (unpaired) electrons. The summed E-state index contributed by atoms with van der Waals surface area (Å²) in [7, 11) is 0. The smallest absolute Gasteiger partial charge is 0 e. The minimum absolute atomic E-state index is 0. The van der Waals surface area contributed by atoms with Crippen LogP contribution in [0.2, 0.25) is 0 Å². The summed E-state index contributed by atoms with van der Waals surface area (Å²) < 4.78 is 0. The molecule has 0 aliphatic rings. The van der Waals surface area contributed by atoms with Gasteiger partial charge in [0.15, 0.2) is 0 Å². The summed E-state index contributed by atoms with van der Waals surface area (Å²) in [5.74, 6) is 0. The molecule has 0 atom stereocenters. The van der Waals surface area contributed by atoms with E-state index in [0.717, 1.165) is 0 Å². The van der Waals surface area contributed by atoms with Gasteiger partial charge in [0.05, 0.1) is 0 Å². The Morgan fingerprint density at radius 2 is 0.889 bits per heavy atom. The fourth-order valence-electron chi connectivity index (χ4n) is 0. The molecule has 0 rings (SSSR count). The van der Waals surface area contributed by atoms with Crippen molar-refractivity contribution in [1.29, 1.82) is 0 Å². The largest absolute Gasteiger partial charge is 0.870 e. The molecule has 0 aliphatic carbocycles. The van der Waals surface area contributed by atoms with Gasteiger partial charge in [-0.2, -0.15) is 0 Å². The molecule has 0 unspecified atom stereocenters. The molecule has 0 saturated carbocycles. The molecule has 64 valence electrons. The minimum atomic E-state index is 0. The van der Waals surface area contributed by atoms with Crippen molar-refractivity contribution in [2.24, 2.45) is 0 Å². The zero-order valence-corrected chi connectivity index (χ0v) is 3.46. The molecule has 0 spiro atoms. The van der Waals surface area contributed by atoms with E-state index in [1.807, 2.05) is 0 Å². The van der Waals surface area contributed by atoms with Crippen molar-refractivity contribution < 1.29 is 32.0 Å². The zero-order valence-electron chi connectivity index (χ0n) is 3.46. The van der Waals surface area contributed by atoms with Gasteiger partial charge in [0, 0.05) is 9.93 Å². The molecule has 0 amide bonds. The lowest BCUT2D eigenvalue weighted by molar-refractivity contribution is -0.670. The van der Waals surface area contributed by atoms with Crippen LogP contribution in [0.1, 0.15) is 7.43 Å². The first kappa shape index (κ1) is 81.3. The van der Waals surface area contributed by atoms with Crippen molar-refractivity contribution in [3.05, 3.63) is 9.93 Å². The van der Waals surface area contributed by atoms with E-state index in [0.29, 0.717) is 0 Å². The predicted molar refractivity (Wildman–Crippen MR) is 25.2 cm³/mol. The highest BCUT2D eigenvalue weighted by molar-refractivity contribution is 4.07. The average Bonchev–Trinajstić information content (AvgIpc) is 1.81. The third-order valence-electron chi connectivity index (χ3n) is 0. The summed E-state index contributed by atoms with van der Waals surface area (Å²) in [5.41, 5.74) is 0. The predicted octanol–water partition coefficient (Wildman–Crippen LogP) is -0.813. The fraction of sp³-hybridized carbons (Fsp3) is 1.00. The second-order valence-corrected chi connectivity index (χ2v) is 0. The molecule has 0 saturated heterocycles. The lowest BCUT2D eigenvalue weighted by Gasteiger charge is -1.61. The van der Waals surface area contributed by atoms with Crippen LogP contribution in [0.25, 0.3) is 0 Å². The molecule has 0 aromatic rings. The topological polar surface area (TPSA) is 178 Å². The van der Waals surface area contributed by atoms with Gasteiger partial charge >= 0.3 is 0 Å². The van der Waals surface area contributed by atoms with Gasteiger partial charge in [0.1, 0.15) is 0 Å². The van der Waals surface area contributed by atoms with Gasteiger partial charge < -0.3 is 21.5 Å². The Kier molecular flexibility index (Phi) is 6570. The monoisotopic (exact) mass is 149 g/mol. The third kappa shape index (κ3) is 516. The summed E-state index contributed by atoms with van der Waals surface area (Å²) in [6, 6.07) is 0. The van der Waals surface area contributed by atoms with E-state index in [9.17, 15) is 0 Å². The Hall–Kier alpha value is -0.640. The Bertz CT molecular complexity index is 4.53. The van der Waals surface area contributed by atoms with Crippen LogP contribution in [0, 0.1) is 9.93 Å². The van der Waals surface area contributed by atoms with Gasteiger partial charge in [-0.1, -0.05) is 7.43 Å². The van der Waals surface area contributed by atoms with E-state index in [2.05, 4.69) is 0 Å². The molecule has 0 bridgehead atoms. The molecule has 8 nitrogen and oxygen atoms in total. The van der Waals surface area contributed by atoms with Crippen LogP contribution in [-0.2, 0) is 0 Å². The van der Waals surface area contributed by atoms with E-state index < -0.39 is 0 Å². The number of hydrogen-bond donors (Lipinski definition) is 3. The lowest BCUT2D eigenvalue weighted by Crippen LogP contribution is -1.84. The van der Waals surface area contributed by atoms with Crippen LogP contribution in [0.3, 0.4) is 0 Å². The zero-order chi connectivity index (χ0) is 6.00. The second-order valence-electron chi connectivity index (χ2n) is 0. The molecule has 0 fully saturated rings. The Morgan fingerprint density at radius 3 is 0.889 bits per heavy atom. The van der Waals surface area contributed by atoms with Crippen molar-refractivity contribution in [2.75, 3.05) is 0 Å². The van der Waals surface area contributed by atoms with Crippen molar-refractivity contribution in [2.45, 2.75) is 7.43 Å². The molecular formula is CH9O8-3. The molecule has 0 aromatic carbocycles. The van der Waals surface area contributed by atoms with Gasteiger partial charge in [0.2, 0.25) is 0 Å². The summed E-state index contributed by atoms with van der Waals surface area (Å²) in [6.07, 6.45) is 0. The van der Waals surface area contributed by atoms with Crippen LogP contribution in [0.4, 0.5) is 0 Å². The summed E-state index contributed by atoms with van der Waals surface area (Å²) in [6.45, 7) is 0. The Morgan fingerprint density at radius 1 is 0.889 bits per heavy atom. The van der Waals surface area contributed by atoms with Gasteiger partial charge in [-0.3, -0.25) is 10.5 Å². The highest BCUT2D eigenvalue weighted by Gasteiger charge is 0.746. The molecule has 5 N–H and O–H groups in total. The maximum atomic E-state index is 7.25. The quantitative estimate of drug-likeness (QED) is 0.295. The third-order valence-corrected chi connectivity index (χ3v) is 0. The van der Waals surface area contributed by atoms with Crippen molar-refractivity contribution in [1.82, 2.24) is 0 Å². The Balaban J connectivity index is -0.00000000321. The van der Waals surface area contributed by atoms with E-state index in [-0.39, 0.29) is 18.4 Å². The van der Waals surface area contributed by atoms with Crippen LogP contribution >= 0.6 is 0 Å². The lowest BCUT2D eigenvalue weighted by atomic mass is 12.0. The summed E-state index contributed by atoms with van der Waals surface area (Å²) >= 11 is 0. The first-order valence-electron chi connectivity index (χ1n) is 0.549. The SMILES string of the molecule is C.O=O.OO.[O-]O.[OH-].[OH-]. The number of rotatable bonds is 0. The van der Waals surface area contributed by atoms with Crippen LogP contribution in [0.5, 0.6) is 0 Å². The van der Waals surface area contributed by atoms with Gasteiger partial charge in [-0.15, -0.1) is 0 Å². The number of hydrogen-bond acceptors (Lipinski definition) is 8. The van der Waals surface area contributed by atoms with Gasteiger partial charge in [-0.25, -0.2) is 0 Å². The molecular weight excluding hydrogens is 140 g/mol. The highest BCUT2D eigenvalue weighted by atomic mass is 17.0. The van der Waals surface area contributed by atoms with Crippen LogP contribution < -0.4 is 5.26 Å². The van der Waals surface area contributed by atoms with E-state index in [4.69, 9.17) is 31.0 Å². The summed E-state index contributed by atoms with van der Waals surface area (Å²) in [4.78, 5) is 14.0. The van der Waals surface area contributed by atoms with Crippen molar-refractivity contribution in [3.63, 3.8) is 0 Å². The maximum absolute atomic E-state index is 7.25.